The summed E-state index contributed by atoms with van der Waals surface area (Å²) < 4.78 is 32.8. The van der Waals surface area contributed by atoms with E-state index < -0.39 is 10.0 Å². The Bertz CT molecular complexity index is 931. The molecule has 2 aromatic carbocycles. The predicted molar refractivity (Wildman–Crippen MR) is 102 cm³/mol. The quantitative estimate of drug-likeness (QED) is 0.696. The molecule has 0 saturated carbocycles. The van der Waals surface area contributed by atoms with Crippen LogP contribution in [0, 0.1) is 0 Å². The Morgan fingerprint density at radius 3 is 2.18 bits per heavy atom. The molecule has 0 atom stereocenters. The second-order valence-electron chi connectivity index (χ2n) is 6.60. The lowest BCUT2D eigenvalue weighted by molar-refractivity contribution is 0.0710. The summed E-state index contributed by atoms with van der Waals surface area (Å²) in [6.45, 7) is 0.732. The molecule has 0 unspecified atom stereocenters. The second-order valence-corrected chi connectivity index (χ2v) is 8.32. The van der Waals surface area contributed by atoms with Gasteiger partial charge in [-0.3, -0.25) is 4.79 Å². The molecule has 1 fully saturated rings. The van der Waals surface area contributed by atoms with Crippen molar-refractivity contribution in [3.8, 4) is 17.2 Å². The van der Waals surface area contributed by atoms with E-state index in [1.807, 2.05) is 0 Å². The Morgan fingerprint density at radius 1 is 1.07 bits per heavy atom. The largest absolute Gasteiger partial charge is 0.508 e. The summed E-state index contributed by atoms with van der Waals surface area (Å²) in [5.41, 5.74) is 0.190. The Hall–Kier alpha value is -2.78. The van der Waals surface area contributed by atoms with Gasteiger partial charge in [-0.1, -0.05) is 0 Å². The number of ether oxygens (including phenoxy) is 1. The highest BCUT2D eigenvalue weighted by molar-refractivity contribution is 7.89. The number of phenolic OH excluding ortho intramolecular Hbond substituents is 2. The smallest absolute Gasteiger partial charge is 0.254 e. The van der Waals surface area contributed by atoms with Gasteiger partial charge in [-0.05, 0) is 49.2 Å². The number of nitrogens with one attached hydrogen (secondary N) is 1. The minimum atomic E-state index is -3.66. The summed E-state index contributed by atoms with van der Waals surface area (Å²) in [5.74, 6) is -0.123. The SMILES string of the molecule is COc1ccc(S(=O)(=O)NC2CCN(C(=O)c3cc(O)cc(O)c3)CC2)cc1. The molecule has 150 valence electrons. The van der Waals surface area contributed by atoms with E-state index in [9.17, 15) is 23.4 Å². The fourth-order valence-electron chi connectivity index (χ4n) is 3.14. The third-order valence-corrected chi connectivity index (χ3v) is 6.16. The summed E-state index contributed by atoms with van der Waals surface area (Å²) in [6.07, 6.45) is 0.928. The van der Waals surface area contributed by atoms with Gasteiger partial charge in [0.1, 0.15) is 17.2 Å². The van der Waals surface area contributed by atoms with E-state index in [1.54, 1.807) is 17.0 Å². The van der Waals surface area contributed by atoms with Gasteiger partial charge in [-0.2, -0.15) is 0 Å². The molecule has 0 aliphatic carbocycles. The molecule has 28 heavy (non-hydrogen) atoms. The minimum absolute atomic E-state index is 0.155. The van der Waals surface area contributed by atoms with Crippen LogP contribution in [-0.2, 0) is 10.0 Å². The van der Waals surface area contributed by atoms with Crippen LogP contribution in [0.2, 0.25) is 0 Å². The van der Waals surface area contributed by atoms with Gasteiger partial charge in [0.15, 0.2) is 0 Å². The van der Waals surface area contributed by atoms with E-state index in [1.165, 1.54) is 31.4 Å². The number of sulfonamides is 1. The minimum Gasteiger partial charge on any atom is -0.508 e. The number of hydrogen-bond donors (Lipinski definition) is 3. The monoisotopic (exact) mass is 406 g/mol. The first kappa shape index (κ1) is 20.0. The van der Waals surface area contributed by atoms with E-state index in [2.05, 4.69) is 4.72 Å². The lowest BCUT2D eigenvalue weighted by Crippen LogP contribution is -2.46. The number of hydrogen-bond acceptors (Lipinski definition) is 6. The predicted octanol–water partition coefficient (Wildman–Crippen LogP) is 1.69. The molecule has 1 aliphatic heterocycles. The number of nitrogens with zero attached hydrogens (tertiary/aromatic N) is 1. The van der Waals surface area contributed by atoms with Crippen molar-refractivity contribution in [1.29, 1.82) is 0 Å². The maximum Gasteiger partial charge on any atom is 0.254 e. The van der Waals surface area contributed by atoms with E-state index >= 15 is 0 Å². The average molecular weight is 406 g/mol. The molecule has 8 nitrogen and oxygen atoms in total. The first-order valence-electron chi connectivity index (χ1n) is 8.77. The zero-order valence-electron chi connectivity index (χ0n) is 15.3. The first-order valence-corrected chi connectivity index (χ1v) is 10.3. The number of likely N-dealkylation sites (tertiary alicyclic amines) is 1. The molecule has 0 radical (unpaired) electrons. The summed E-state index contributed by atoms with van der Waals surface area (Å²) in [6, 6.07) is 9.58. The molecule has 0 aromatic heterocycles. The maximum atomic E-state index is 12.5. The second kappa shape index (κ2) is 8.07. The van der Waals surface area contributed by atoms with E-state index in [4.69, 9.17) is 4.74 Å². The number of carbonyl (C=O) groups excluding carboxylic acids is 1. The van der Waals surface area contributed by atoms with Gasteiger partial charge < -0.3 is 19.8 Å². The molecule has 3 rings (SSSR count). The summed E-state index contributed by atoms with van der Waals surface area (Å²) >= 11 is 0. The molecule has 2 aromatic rings. The first-order chi connectivity index (χ1) is 13.3. The normalized spacial score (nSPS) is 15.4. The third-order valence-electron chi connectivity index (χ3n) is 4.62. The van der Waals surface area contributed by atoms with Crippen LogP contribution in [0.5, 0.6) is 17.2 Å². The molecule has 9 heteroatoms. The summed E-state index contributed by atoms with van der Waals surface area (Å²) in [5, 5.41) is 19.1. The fraction of sp³-hybridized carbons (Fsp3) is 0.316. The summed E-state index contributed by atoms with van der Waals surface area (Å²) in [7, 11) is -2.15. The molecule has 1 saturated heterocycles. The number of methoxy groups -OCH3 is 1. The number of amides is 1. The van der Waals surface area contributed by atoms with Crippen molar-refractivity contribution in [2.45, 2.75) is 23.8 Å². The van der Waals surface area contributed by atoms with E-state index in [-0.39, 0.29) is 33.9 Å². The summed E-state index contributed by atoms with van der Waals surface area (Å²) in [4.78, 5) is 14.3. The fourth-order valence-corrected chi connectivity index (χ4v) is 4.45. The molecule has 3 N–H and O–H groups in total. The van der Waals surface area contributed by atoms with Crippen LogP contribution < -0.4 is 9.46 Å². The van der Waals surface area contributed by atoms with Gasteiger partial charge in [0, 0.05) is 30.8 Å². The third kappa shape index (κ3) is 4.55. The molecule has 0 bridgehead atoms. The van der Waals surface area contributed by atoms with Crippen LogP contribution in [0.1, 0.15) is 23.2 Å². The zero-order valence-corrected chi connectivity index (χ0v) is 16.1. The lowest BCUT2D eigenvalue weighted by atomic mass is 10.0. The van der Waals surface area contributed by atoms with Gasteiger partial charge in [-0.15, -0.1) is 0 Å². The van der Waals surface area contributed by atoms with Crippen molar-refractivity contribution in [2.75, 3.05) is 20.2 Å². The number of benzene rings is 2. The molecule has 1 heterocycles. The van der Waals surface area contributed by atoms with E-state index in [0.717, 1.165) is 6.07 Å². The maximum absolute atomic E-state index is 12.5. The van der Waals surface area contributed by atoms with Crippen LogP contribution in [0.15, 0.2) is 47.4 Å². The van der Waals surface area contributed by atoms with Gasteiger partial charge in [-0.25, -0.2) is 13.1 Å². The number of carbonyl (C=O) groups is 1. The molecule has 0 spiro atoms. The van der Waals surface area contributed by atoms with Crippen LogP contribution >= 0.6 is 0 Å². The number of aromatic hydroxyl groups is 2. The van der Waals surface area contributed by atoms with E-state index in [0.29, 0.717) is 31.7 Å². The molecule has 1 aliphatic rings. The van der Waals surface area contributed by atoms with Gasteiger partial charge in [0.2, 0.25) is 10.0 Å². The highest BCUT2D eigenvalue weighted by Crippen LogP contribution is 2.23. The number of piperidine rings is 1. The number of rotatable bonds is 5. The Kier molecular flexibility index (Phi) is 5.76. The van der Waals surface area contributed by atoms with Crippen molar-refractivity contribution in [3.05, 3.63) is 48.0 Å². The van der Waals surface area contributed by atoms with Crippen molar-refractivity contribution >= 4 is 15.9 Å². The topological polar surface area (TPSA) is 116 Å². The zero-order chi connectivity index (χ0) is 20.3. The van der Waals surface area contributed by atoms with Gasteiger partial charge in [0.05, 0.1) is 12.0 Å². The Balaban J connectivity index is 1.60. The standard InChI is InChI=1S/C19H22N2O6S/c1-27-17-2-4-18(5-3-17)28(25,26)20-14-6-8-21(9-7-14)19(24)13-10-15(22)12-16(23)11-13/h2-5,10-12,14,20,22-23H,6-9H2,1H3. The van der Waals surface area contributed by atoms with Gasteiger partial charge in [0.25, 0.3) is 5.91 Å². The molecule has 1 amide bonds. The van der Waals surface area contributed by atoms with Gasteiger partial charge >= 0.3 is 0 Å². The van der Waals surface area contributed by atoms with Crippen molar-refractivity contribution in [3.63, 3.8) is 0 Å². The van der Waals surface area contributed by atoms with Crippen molar-refractivity contribution < 1.29 is 28.2 Å². The van der Waals surface area contributed by atoms with Crippen LogP contribution in [0.4, 0.5) is 0 Å². The highest BCUT2D eigenvalue weighted by Gasteiger charge is 2.27. The van der Waals surface area contributed by atoms with Crippen LogP contribution in [0.3, 0.4) is 0 Å². The van der Waals surface area contributed by atoms with Crippen LogP contribution in [0.25, 0.3) is 0 Å². The lowest BCUT2D eigenvalue weighted by Gasteiger charge is -2.32. The molecular weight excluding hydrogens is 384 g/mol. The molecular formula is C19H22N2O6S. The Morgan fingerprint density at radius 2 is 1.64 bits per heavy atom. The Labute approximate surface area is 163 Å². The number of phenols is 2. The highest BCUT2D eigenvalue weighted by atomic mass is 32.2. The van der Waals surface area contributed by atoms with Crippen molar-refractivity contribution in [2.24, 2.45) is 0 Å². The van der Waals surface area contributed by atoms with Crippen LogP contribution in [-0.4, -0.2) is 55.7 Å². The van der Waals surface area contributed by atoms with Crippen molar-refractivity contribution in [1.82, 2.24) is 9.62 Å². The average Bonchev–Trinajstić information content (AvgIpc) is 2.67.